The summed E-state index contributed by atoms with van der Waals surface area (Å²) in [5, 5.41) is 0. The minimum Gasteiger partial charge on any atom is -0.493 e. The first-order valence-corrected chi connectivity index (χ1v) is 8.71. The van der Waals surface area contributed by atoms with Gasteiger partial charge in [0, 0.05) is 16.9 Å². The van der Waals surface area contributed by atoms with Gasteiger partial charge >= 0.3 is 0 Å². The molecule has 3 rings (SSSR count). The average Bonchev–Trinajstić information content (AvgIpc) is 2.88. The van der Waals surface area contributed by atoms with Crippen molar-refractivity contribution in [1.82, 2.24) is 0 Å². The third-order valence-electron chi connectivity index (χ3n) is 4.67. The maximum atomic E-state index is 6.41. The minimum atomic E-state index is 0.265. The van der Waals surface area contributed by atoms with Gasteiger partial charge in [-0.25, -0.2) is 0 Å². The molecular weight excluding hydrogens is 314 g/mol. The van der Waals surface area contributed by atoms with E-state index in [1.165, 1.54) is 49.7 Å². The van der Waals surface area contributed by atoms with Crippen molar-refractivity contribution in [3.63, 3.8) is 0 Å². The van der Waals surface area contributed by atoms with Gasteiger partial charge in [0.05, 0.1) is 6.61 Å². The highest BCUT2D eigenvalue weighted by atomic mass is 79.9. The highest BCUT2D eigenvalue weighted by molar-refractivity contribution is 9.10. The van der Waals surface area contributed by atoms with Gasteiger partial charge in [-0.2, -0.15) is 0 Å². The molecule has 3 heteroatoms. The van der Waals surface area contributed by atoms with E-state index in [1.807, 2.05) is 0 Å². The van der Waals surface area contributed by atoms with Crippen LogP contribution in [0.5, 0.6) is 5.75 Å². The number of fused-ring (bicyclic) bond motifs is 1. The fourth-order valence-corrected chi connectivity index (χ4v) is 4.27. The number of rotatable bonds is 4. The lowest BCUT2D eigenvalue weighted by molar-refractivity contribution is 0.314. The van der Waals surface area contributed by atoms with Crippen LogP contribution >= 0.6 is 15.9 Å². The van der Waals surface area contributed by atoms with Gasteiger partial charge in [-0.05, 0) is 42.0 Å². The second-order valence-corrected chi connectivity index (χ2v) is 7.27. The zero-order valence-corrected chi connectivity index (χ0v) is 13.6. The first kappa shape index (κ1) is 14.4. The normalized spacial score (nSPS) is 20.5. The third kappa shape index (κ3) is 3.37. The molecule has 0 spiro atoms. The summed E-state index contributed by atoms with van der Waals surface area (Å²) in [7, 11) is 0. The summed E-state index contributed by atoms with van der Waals surface area (Å²) in [6.45, 7) is 0.816. The summed E-state index contributed by atoms with van der Waals surface area (Å²) in [6, 6.07) is 4.63. The van der Waals surface area contributed by atoms with Crippen molar-refractivity contribution in [2.45, 2.75) is 57.4 Å². The molecule has 1 heterocycles. The van der Waals surface area contributed by atoms with Crippen molar-refractivity contribution >= 4 is 15.9 Å². The van der Waals surface area contributed by atoms with Gasteiger partial charge in [-0.1, -0.05) is 48.0 Å². The van der Waals surface area contributed by atoms with Crippen LogP contribution in [0.3, 0.4) is 0 Å². The number of hydrogen-bond acceptors (Lipinski definition) is 2. The number of ether oxygens (including phenoxy) is 1. The lowest BCUT2D eigenvalue weighted by Crippen LogP contribution is -2.27. The van der Waals surface area contributed by atoms with Crippen molar-refractivity contribution in [1.29, 1.82) is 0 Å². The molecule has 2 nitrogen and oxygen atoms in total. The molecule has 1 atom stereocenters. The van der Waals surface area contributed by atoms with E-state index in [2.05, 4.69) is 28.1 Å². The van der Waals surface area contributed by atoms with E-state index in [1.54, 1.807) is 0 Å². The topological polar surface area (TPSA) is 35.2 Å². The van der Waals surface area contributed by atoms with Crippen LogP contribution in [-0.4, -0.2) is 12.6 Å². The van der Waals surface area contributed by atoms with Crippen LogP contribution in [0.15, 0.2) is 16.6 Å². The second kappa shape index (κ2) is 6.48. The Balaban J connectivity index is 1.65. The van der Waals surface area contributed by atoms with Gasteiger partial charge < -0.3 is 10.5 Å². The van der Waals surface area contributed by atoms with Crippen molar-refractivity contribution < 1.29 is 4.74 Å². The van der Waals surface area contributed by atoms with Gasteiger partial charge in [0.25, 0.3) is 0 Å². The first-order valence-electron chi connectivity index (χ1n) is 7.92. The number of benzene rings is 1. The molecule has 2 N–H and O–H groups in total. The predicted octanol–water partition coefficient (Wildman–Crippen LogP) is 4.22. The van der Waals surface area contributed by atoms with Gasteiger partial charge in [-0.3, -0.25) is 0 Å². The molecule has 0 aromatic heterocycles. The lowest BCUT2D eigenvalue weighted by Gasteiger charge is -2.25. The largest absolute Gasteiger partial charge is 0.493 e. The summed E-state index contributed by atoms with van der Waals surface area (Å²) >= 11 is 3.61. The number of nitrogens with two attached hydrogens (primary N) is 1. The van der Waals surface area contributed by atoms with Crippen molar-refractivity contribution in [2.24, 2.45) is 11.7 Å². The monoisotopic (exact) mass is 337 g/mol. The number of hydrogen-bond donors (Lipinski definition) is 1. The van der Waals surface area contributed by atoms with Crippen LogP contribution in [0.2, 0.25) is 0 Å². The molecule has 0 amide bonds. The van der Waals surface area contributed by atoms with E-state index in [-0.39, 0.29) is 6.04 Å². The Morgan fingerprint density at radius 1 is 1.25 bits per heavy atom. The van der Waals surface area contributed by atoms with E-state index in [0.29, 0.717) is 0 Å². The molecule has 0 radical (unpaired) electrons. The molecule has 1 unspecified atom stereocenters. The molecular formula is C17H24BrNO. The van der Waals surface area contributed by atoms with Crippen LogP contribution in [0.1, 0.15) is 49.7 Å². The van der Waals surface area contributed by atoms with Crippen LogP contribution in [0.4, 0.5) is 0 Å². The van der Waals surface area contributed by atoms with Crippen LogP contribution in [0, 0.1) is 5.92 Å². The smallest absolute Gasteiger partial charge is 0.125 e. The van der Waals surface area contributed by atoms with Crippen LogP contribution < -0.4 is 10.5 Å². The summed E-state index contributed by atoms with van der Waals surface area (Å²) in [4.78, 5) is 0. The molecule has 20 heavy (non-hydrogen) atoms. The van der Waals surface area contributed by atoms with Gasteiger partial charge in [0.15, 0.2) is 0 Å². The van der Waals surface area contributed by atoms with Gasteiger partial charge in [0.1, 0.15) is 5.75 Å². The fourth-order valence-electron chi connectivity index (χ4n) is 3.71. The quantitative estimate of drug-likeness (QED) is 0.892. The SMILES string of the molecule is NC(Cc1cc(Br)cc2c1OCC2)CC1CCCCC1. The van der Waals surface area contributed by atoms with Gasteiger partial charge in [-0.15, -0.1) is 0 Å². The first-order chi connectivity index (χ1) is 9.72. The van der Waals surface area contributed by atoms with Crippen molar-refractivity contribution in [3.8, 4) is 5.75 Å². The molecule has 1 fully saturated rings. The summed E-state index contributed by atoms with van der Waals surface area (Å²) in [6.07, 6.45) is 10.1. The number of halogens is 1. The Morgan fingerprint density at radius 2 is 2.05 bits per heavy atom. The Labute approximate surface area is 130 Å². The van der Waals surface area contributed by atoms with Crippen LogP contribution in [0.25, 0.3) is 0 Å². The Morgan fingerprint density at radius 3 is 2.85 bits per heavy atom. The average molecular weight is 338 g/mol. The molecule has 110 valence electrons. The molecule has 1 aliphatic carbocycles. The molecule has 2 aliphatic rings. The maximum Gasteiger partial charge on any atom is 0.125 e. The van der Waals surface area contributed by atoms with Crippen molar-refractivity contribution in [3.05, 3.63) is 27.7 Å². The molecule has 0 saturated heterocycles. The highest BCUT2D eigenvalue weighted by Crippen LogP contribution is 2.34. The molecule has 1 aromatic rings. The molecule has 0 bridgehead atoms. The van der Waals surface area contributed by atoms with E-state index in [9.17, 15) is 0 Å². The Kier molecular flexibility index (Phi) is 4.67. The highest BCUT2D eigenvalue weighted by Gasteiger charge is 2.21. The summed E-state index contributed by atoms with van der Waals surface area (Å²) in [5.74, 6) is 1.95. The van der Waals surface area contributed by atoms with E-state index < -0.39 is 0 Å². The second-order valence-electron chi connectivity index (χ2n) is 6.36. The van der Waals surface area contributed by atoms with Crippen molar-refractivity contribution in [2.75, 3.05) is 6.61 Å². The molecule has 1 aromatic carbocycles. The molecule has 1 saturated carbocycles. The standard InChI is InChI=1S/C17H24BrNO/c18-15-9-13-6-7-20-17(13)14(10-15)11-16(19)8-12-4-2-1-3-5-12/h9-10,12,16H,1-8,11,19H2. The third-order valence-corrected chi connectivity index (χ3v) is 5.13. The Hall–Kier alpha value is -0.540. The lowest BCUT2D eigenvalue weighted by atomic mass is 9.83. The molecule has 1 aliphatic heterocycles. The summed E-state index contributed by atoms with van der Waals surface area (Å²) < 4.78 is 6.95. The van der Waals surface area contributed by atoms with Gasteiger partial charge in [0.2, 0.25) is 0 Å². The maximum absolute atomic E-state index is 6.41. The zero-order chi connectivity index (χ0) is 13.9. The van der Waals surface area contributed by atoms with Crippen LogP contribution in [-0.2, 0) is 12.8 Å². The predicted molar refractivity (Wildman–Crippen MR) is 86.2 cm³/mol. The summed E-state index contributed by atoms with van der Waals surface area (Å²) in [5.41, 5.74) is 9.03. The fraction of sp³-hybridized carbons (Fsp3) is 0.647. The zero-order valence-electron chi connectivity index (χ0n) is 12.0. The minimum absolute atomic E-state index is 0.265. The van der Waals surface area contributed by atoms with E-state index in [4.69, 9.17) is 10.5 Å². The Bertz CT molecular complexity index is 468. The van der Waals surface area contributed by atoms with E-state index in [0.717, 1.165) is 35.6 Å². The van der Waals surface area contributed by atoms with E-state index >= 15 is 0 Å².